The molecule has 0 aromatic heterocycles. The van der Waals surface area contributed by atoms with E-state index in [0.29, 0.717) is 31.1 Å². The second kappa shape index (κ2) is 6.98. The Morgan fingerprint density at radius 2 is 1.82 bits per heavy atom. The van der Waals surface area contributed by atoms with Crippen molar-refractivity contribution >= 4 is 33.8 Å². The molecule has 0 aromatic rings. The lowest BCUT2D eigenvalue weighted by molar-refractivity contribution is -0.163. The molecular formula is C17H25N3O6S2. The Labute approximate surface area is 168 Å². The van der Waals surface area contributed by atoms with Gasteiger partial charge in [0.25, 0.3) is 10.2 Å². The van der Waals surface area contributed by atoms with Crippen LogP contribution in [0, 0.1) is 11.8 Å². The highest BCUT2D eigenvalue weighted by molar-refractivity contribution is 8.04. The van der Waals surface area contributed by atoms with Crippen molar-refractivity contribution in [2.75, 3.05) is 26.2 Å². The molecule has 0 aliphatic carbocycles. The molecule has 0 aromatic carbocycles. The minimum absolute atomic E-state index is 0.00903. The van der Waals surface area contributed by atoms with Crippen molar-refractivity contribution in [1.29, 1.82) is 0 Å². The zero-order chi connectivity index (χ0) is 20.4. The van der Waals surface area contributed by atoms with Crippen LogP contribution in [0.3, 0.4) is 0 Å². The third-order valence-electron chi connectivity index (χ3n) is 6.14. The van der Waals surface area contributed by atoms with Gasteiger partial charge in [0.05, 0.1) is 18.1 Å². The molecule has 28 heavy (non-hydrogen) atoms. The molecule has 1 amide bonds. The van der Waals surface area contributed by atoms with E-state index in [-0.39, 0.29) is 28.8 Å². The Morgan fingerprint density at radius 1 is 1.21 bits per heavy atom. The van der Waals surface area contributed by atoms with Crippen LogP contribution in [0.4, 0.5) is 0 Å². The summed E-state index contributed by atoms with van der Waals surface area (Å²) in [6, 6.07) is -0.342. The third kappa shape index (κ3) is 2.90. The summed E-state index contributed by atoms with van der Waals surface area (Å²) >= 11 is 1.36. The summed E-state index contributed by atoms with van der Waals surface area (Å²) in [7, 11) is -3.43. The molecule has 11 heteroatoms. The average molecular weight is 432 g/mol. The van der Waals surface area contributed by atoms with Crippen molar-refractivity contribution < 1.29 is 28.2 Å². The van der Waals surface area contributed by atoms with Gasteiger partial charge in [-0.25, -0.2) is 4.79 Å². The molecule has 4 rings (SSSR count). The number of hydrogen-bond acceptors (Lipinski definition) is 6. The number of carboxylic acid groups (broad SMARTS) is 1. The summed E-state index contributed by atoms with van der Waals surface area (Å²) in [5.41, 5.74) is -0.00903. The lowest BCUT2D eigenvalue weighted by Crippen LogP contribution is -2.63. The number of thioether (sulfide) groups is 1. The van der Waals surface area contributed by atoms with Crippen LogP contribution >= 0.6 is 11.8 Å². The van der Waals surface area contributed by atoms with Gasteiger partial charge in [0.1, 0.15) is 5.70 Å². The molecule has 3 saturated heterocycles. The van der Waals surface area contributed by atoms with Gasteiger partial charge in [-0.05, 0) is 19.8 Å². The normalized spacial score (nSPS) is 33.0. The lowest BCUT2D eigenvalue weighted by atomic mass is 9.79. The first-order chi connectivity index (χ1) is 13.1. The van der Waals surface area contributed by atoms with Crippen LogP contribution in [-0.2, 0) is 19.8 Å². The Morgan fingerprint density at radius 3 is 2.36 bits per heavy atom. The summed E-state index contributed by atoms with van der Waals surface area (Å²) in [5, 5.41) is 19.5. The van der Waals surface area contributed by atoms with E-state index in [0.717, 1.165) is 12.8 Å². The first kappa shape index (κ1) is 20.1. The molecular weight excluding hydrogens is 406 g/mol. The Bertz CT molecular complexity index is 830. The first-order valence-electron chi connectivity index (χ1n) is 9.55. The standard InChI is InChI=1S/C17H25N3O6S2/c1-9-13-12(10(2)21)16(22)20(13)14(17(23)24)15(9)27-11-7-19(8-11)28(25,26)18-5-3-4-6-18/h9-13,21H,3-8H2,1-2H3,(H,23,24)/t9-,10-,12-,13-/m1/s1. The fourth-order valence-corrected chi connectivity index (χ4v) is 8.10. The number of rotatable bonds is 6. The van der Waals surface area contributed by atoms with Crippen LogP contribution in [-0.4, -0.2) is 87.6 Å². The first-order valence-corrected chi connectivity index (χ1v) is 11.8. The smallest absolute Gasteiger partial charge is 0.353 e. The minimum Gasteiger partial charge on any atom is -0.477 e. The highest BCUT2D eigenvalue weighted by Crippen LogP contribution is 2.52. The topological polar surface area (TPSA) is 118 Å². The molecule has 2 N–H and O–H groups in total. The number of aliphatic hydroxyl groups excluding tert-OH is 1. The molecule has 4 heterocycles. The Balaban J connectivity index is 1.46. The molecule has 0 bridgehead atoms. The summed E-state index contributed by atoms with van der Waals surface area (Å²) < 4.78 is 28.1. The van der Waals surface area contributed by atoms with E-state index in [9.17, 15) is 28.2 Å². The van der Waals surface area contributed by atoms with Crippen LogP contribution in [0.5, 0.6) is 0 Å². The molecule has 156 valence electrons. The highest BCUT2D eigenvalue weighted by atomic mass is 32.2. The molecule has 4 aliphatic rings. The van der Waals surface area contributed by atoms with Crippen molar-refractivity contribution in [3.8, 4) is 0 Å². The summed E-state index contributed by atoms with van der Waals surface area (Å²) in [6.07, 6.45) is 0.932. The fourth-order valence-electron chi connectivity index (χ4n) is 4.60. The van der Waals surface area contributed by atoms with Crippen LogP contribution in [0.25, 0.3) is 0 Å². The SMILES string of the molecule is C[C@@H](O)[C@H]1C(=O)N2C(C(=O)O)=C(SC3CN(S(=O)(=O)N4CCCC4)C3)[C@H](C)[C@H]12. The quantitative estimate of drug-likeness (QED) is 0.564. The zero-order valence-electron chi connectivity index (χ0n) is 15.8. The maximum atomic E-state index is 12.6. The van der Waals surface area contributed by atoms with Gasteiger partial charge in [0.2, 0.25) is 5.91 Å². The number of aliphatic carboxylic acids is 1. The maximum Gasteiger partial charge on any atom is 0.353 e. The van der Waals surface area contributed by atoms with E-state index in [2.05, 4.69) is 0 Å². The number of β-lactam (4-membered cyclic amide) rings is 1. The average Bonchev–Trinajstić information content (AvgIpc) is 3.17. The lowest BCUT2D eigenvalue weighted by Gasteiger charge is -2.46. The number of hydrogen-bond donors (Lipinski definition) is 2. The largest absolute Gasteiger partial charge is 0.477 e. The predicted octanol–water partition coefficient (Wildman–Crippen LogP) is -0.102. The van der Waals surface area contributed by atoms with E-state index in [1.807, 2.05) is 6.92 Å². The molecule has 4 aliphatic heterocycles. The summed E-state index contributed by atoms with van der Waals surface area (Å²) in [5.74, 6) is -2.30. The van der Waals surface area contributed by atoms with E-state index in [1.165, 1.54) is 25.3 Å². The van der Waals surface area contributed by atoms with Crippen LogP contribution in [0.1, 0.15) is 26.7 Å². The number of amides is 1. The summed E-state index contributed by atoms with van der Waals surface area (Å²) in [4.78, 5) is 26.1. The van der Waals surface area contributed by atoms with Crippen molar-refractivity contribution in [2.45, 2.75) is 44.1 Å². The molecule has 0 saturated carbocycles. The van der Waals surface area contributed by atoms with Gasteiger partial charge >= 0.3 is 5.97 Å². The second-order valence-corrected chi connectivity index (χ2v) is 11.2. The highest BCUT2D eigenvalue weighted by Gasteiger charge is 2.60. The molecule has 9 nitrogen and oxygen atoms in total. The Hall–Kier alpha value is -1.14. The van der Waals surface area contributed by atoms with Gasteiger partial charge in [-0.1, -0.05) is 6.92 Å². The minimum atomic E-state index is -3.43. The van der Waals surface area contributed by atoms with Gasteiger partial charge in [-0.2, -0.15) is 17.0 Å². The number of carbonyl (C=O) groups is 2. The van der Waals surface area contributed by atoms with Gasteiger partial charge in [0.15, 0.2) is 0 Å². The van der Waals surface area contributed by atoms with Crippen molar-refractivity contribution in [3.63, 3.8) is 0 Å². The number of carboxylic acids is 1. The molecule has 4 atom stereocenters. The van der Waals surface area contributed by atoms with Crippen LogP contribution in [0.2, 0.25) is 0 Å². The number of carbonyl (C=O) groups excluding carboxylic acids is 1. The van der Waals surface area contributed by atoms with E-state index < -0.39 is 28.2 Å². The van der Waals surface area contributed by atoms with Crippen LogP contribution < -0.4 is 0 Å². The molecule has 0 radical (unpaired) electrons. The van der Waals surface area contributed by atoms with Crippen molar-refractivity contribution in [3.05, 3.63) is 10.6 Å². The molecule has 0 unspecified atom stereocenters. The Kier molecular flexibility index (Phi) is 5.02. The monoisotopic (exact) mass is 431 g/mol. The number of nitrogens with zero attached hydrogens (tertiary/aromatic N) is 3. The van der Waals surface area contributed by atoms with E-state index in [1.54, 1.807) is 6.92 Å². The second-order valence-electron chi connectivity index (χ2n) is 7.94. The van der Waals surface area contributed by atoms with Crippen molar-refractivity contribution in [2.24, 2.45) is 11.8 Å². The van der Waals surface area contributed by atoms with Gasteiger partial charge in [-0.3, -0.25) is 4.79 Å². The van der Waals surface area contributed by atoms with Gasteiger partial charge in [-0.15, -0.1) is 11.8 Å². The van der Waals surface area contributed by atoms with Gasteiger partial charge < -0.3 is 15.1 Å². The zero-order valence-corrected chi connectivity index (χ0v) is 17.4. The molecule has 3 fully saturated rings. The fraction of sp³-hybridized carbons (Fsp3) is 0.765. The predicted molar refractivity (Wildman–Crippen MR) is 102 cm³/mol. The van der Waals surface area contributed by atoms with E-state index >= 15 is 0 Å². The third-order valence-corrected chi connectivity index (χ3v) is 9.56. The number of aliphatic hydroxyl groups is 1. The summed E-state index contributed by atoms with van der Waals surface area (Å²) in [6.45, 7) is 5.21. The number of fused-ring (bicyclic) bond motifs is 1. The van der Waals surface area contributed by atoms with Gasteiger partial charge in [0, 0.05) is 42.3 Å². The van der Waals surface area contributed by atoms with Crippen molar-refractivity contribution in [1.82, 2.24) is 13.5 Å². The van der Waals surface area contributed by atoms with Crippen LogP contribution in [0.15, 0.2) is 10.6 Å². The van der Waals surface area contributed by atoms with E-state index in [4.69, 9.17) is 0 Å². The maximum absolute atomic E-state index is 12.6. The molecule has 0 spiro atoms.